The predicted octanol–water partition coefficient (Wildman–Crippen LogP) is 15.3. The highest BCUT2D eigenvalue weighted by Gasteiger charge is 2.17. The molecule has 0 atom stereocenters. The maximum absolute atomic E-state index is 2.44. The van der Waals surface area contributed by atoms with Crippen molar-refractivity contribution >= 4 is 49.2 Å². The van der Waals surface area contributed by atoms with Gasteiger partial charge in [0.15, 0.2) is 0 Å². The third kappa shape index (κ3) is 6.07. The van der Waals surface area contributed by atoms with Crippen LogP contribution < -0.4 is 0 Å². The highest BCUT2D eigenvalue weighted by molar-refractivity contribution is 6.13. The van der Waals surface area contributed by atoms with Crippen LogP contribution in [-0.2, 0) is 0 Å². The molecule has 8 aromatic carbocycles. The Morgan fingerprint density at radius 2 is 0.912 bits per heavy atom. The standard InChI is InChI=1S/C55H42N2/c1-3-5-17-38(4-2)41-22-16-23-46(33-41)56-52-26-14-12-24-48(52)50-36-42(28-30-54(50)56)43-29-31-55-51(37-43)49-25-13-15-27-53(49)57(55)47-34-44(39-18-8-6-9-19-39)32-45(35-47)40-20-10-7-11-21-40/h4-37H,3H2,1-2H3/b17-5-,38-4+. The SMILES string of the molecule is C/C=C(\C=C/CC)c1cccc(-n2c3ccccc3c3cc(-c4ccc5c(c4)c4ccccc4n5-c4cc(-c5ccccc5)cc(-c5ccccc5)c4)ccc32)c1. The van der Waals surface area contributed by atoms with Crippen LogP contribution in [0.15, 0.2) is 206 Å². The van der Waals surface area contributed by atoms with E-state index >= 15 is 0 Å². The molecule has 10 rings (SSSR count). The average Bonchev–Trinajstić information content (AvgIpc) is 3.79. The molecule has 2 aromatic heterocycles. The minimum atomic E-state index is 1.01. The van der Waals surface area contributed by atoms with Gasteiger partial charge in [-0.25, -0.2) is 0 Å². The van der Waals surface area contributed by atoms with Crippen molar-refractivity contribution in [3.8, 4) is 44.8 Å². The summed E-state index contributed by atoms with van der Waals surface area (Å²) in [5, 5.41) is 4.99. The van der Waals surface area contributed by atoms with Crippen molar-refractivity contribution in [2.24, 2.45) is 0 Å². The second kappa shape index (κ2) is 14.5. The number of rotatable bonds is 8. The van der Waals surface area contributed by atoms with Gasteiger partial charge in [-0.3, -0.25) is 0 Å². The van der Waals surface area contributed by atoms with E-state index in [9.17, 15) is 0 Å². The van der Waals surface area contributed by atoms with Crippen molar-refractivity contribution in [2.75, 3.05) is 0 Å². The van der Waals surface area contributed by atoms with Crippen LogP contribution in [0.3, 0.4) is 0 Å². The van der Waals surface area contributed by atoms with Crippen LogP contribution in [0.1, 0.15) is 25.8 Å². The first kappa shape index (κ1) is 34.3. The van der Waals surface area contributed by atoms with Crippen LogP contribution in [-0.4, -0.2) is 9.13 Å². The van der Waals surface area contributed by atoms with E-state index in [1.54, 1.807) is 0 Å². The Labute approximate surface area is 333 Å². The number of allylic oxidation sites excluding steroid dienone is 4. The van der Waals surface area contributed by atoms with Gasteiger partial charge >= 0.3 is 0 Å². The topological polar surface area (TPSA) is 9.86 Å². The molecule has 0 unspecified atom stereocenters. The van der Waals surface area contributed by atoms with Gasteiger partial charge in [-0.2, -0.15) is 0 Å². The molecule has 2 heteroatoms. The maximum atomic E-state index is 2.44. The monoisotopic (exact) mass is 730 g/mol. The Bertz CT molecular complexity index is 3100. The average molecular weight is 731 g/mol. The summed E-state index contributed by atoms with van der Waals surface area (Å²) in [5.74, 6) is 0. The molecule has 272 valence electrons. The summed E-state index contributed by atoms with van der Waals surface area (Å²) in [5.41, 5.74) is 16.8. The van der Waals surface area contributed by atoms with Gasteiger partial charge < -0.3 is 9.13 Å². The molecule has 0 saturated carbocycles. The lowest BCUT2D eigenvalue weighted by Crippen LogP contribution is -1.96. The van der Waals surface area contributed by atoms with Gasteiger partial charge in [0.05, 0.1) is 22.1 Å². The van der Waals surface area contributed by atoms with E-state index in [4.69, 9.17) is 0 Å². The summed E-state index contributed by atoms with van der Waals surface area (Å²) in [6.45, 7) is 4.29. The second-order valence-electron chi connectivity index (χ2n) is 14.8. The van der Waals surface area contributed by atoms with Crippen LogP contribution in [0.25, 0.3) is 93.9 Å². The third-order valence-corrected chi connectivity index (χ3v) is 11.4. The van der Waals surface area contributed by atoms with Crippen molar-refractivity contribution in [1.82, 2.24) is 9.13 Å². The number of benzene rings is 8. The van der Waals surface area contributed by atoms with Gasteiger partial charge in [0.2, 0.25) is 0 Å². The Kier molecular flexibility index (Phi) is 8.73. The van der Waals surface area contributed by atoms with Gasteiger partial charge in [-0.15, -0.1) is 0 Å². The molecule has 0 bridgehead atoms. The van der Waals surface area contributed by atoms with Crippen LogP contribution in [0, 0.1) is 0 Å². The third-order valence-electron chi connectivity index (χ3n) is 11.4. The molecule has 0 aliphatic heterocycles. The molecule has 10 aromatic rings. The Hall–Kier alpha value is -7.16. The Morgan fingerprint density at radius 1 is 0.404 bits per heavy atom. The zero-order valence-corrected chi connectivity index (χ0v) is 32.2. The number of fused-ring (bicyclic) bond motifs is 6. The van der Waals surface area contributed by atoms with Gasteiger partial charge in [0.1, 0.15) is 0 Å². The molecule has 0 radical (unpaired) electrons. The van der Waals surface area contributed by atoms with Gasteiger partial charge in [0, 0.05) is 32.9 Å². The highest BCUT2D eigenvalue weighted by Crippen LogP contribution is 2.40. The van der Waals surface area contributed by atoms with Gasteiger partial charge in [-0.05, 0) is 125 Å². The van der Waals surface area contributed by atoms with Crippen molar-refractivity contribution in [3.63, 3.8) is 0 Å². The Morgan fingerprint density at radius 3 is 1.46 bits per heavy atom. The largest absolute Gasteiger partial charge is 0.309 e. The molecule has 57 heavy (non-hydrogen) atoms. The number of nitrogens with zero attached hydrogens (tertiary/aromatic N) is 2. The quantitative estimate of drug-likeness (QED) is 0.138. The van der Waals surface area contributed by atoms with E-state index in [0.717, 1.165) is 17.8 Å². The number of hydrogen-bond donors (Lipinski definition) is 0. The highest BCUT2D eigenvalue weighted by atomic mass is 15.0. The van der Waals surface area contributed by atoms with E-state index in [1.165, 1.54) is 88.1 Å². The summed E-state index contributed by atoms with van der Waals surface area (Å²) in [7, 11) is 0. The van der Waals surface area contributed by atoms with E-state index in [0.29, 0.717) is 0 Å². The van der Waals surface area contributed by atoms with E-state index in [2.05, 4.69) is 229 Å². The summed E-state index contributed by atoms with van der Waals surface area (Å²) in [6.07, 6.45) is 7.67. The molecule has 0 saturated heterocycles. The summed E-state index contributed by atoms with van der Waals surface area (Å²) in [6, 6.07) is 68.9. The summed E-state index contributed by atoms with van der Waals surface area (Å²) >= 11 is 0. The predicted molar refractivity (Wildman–Crippen MR) is 245 cm³/mol. The number of para-hydroxylation sites is 2. The molecule has 0 fully saturated rings. The van der Waals surface area contributed by atoms with Crippen LogP contribution in [0.5, 0.6) is 0 Å². The fourth-order valence-electron chi connectivity index (χ4n) is 8.62. The number of aromatic nitrogens is 2. The first-order valence-corrected chi connectivity index (χ1v) is 20.0. The van der Waals surface area contributed by atoms with Gasteiger partial charge in [0.25, 0.3) is 0 Å². The van der Waals surface area contributed by atoms with Crippen LogP contribution in [0.2, 0.25) is 0 Å². The lowest BCUT2D eigenvalue weighted by Gasteiger charge is -2.14. The van der Waals surface area contributed by atoms with Gasteiger partial charge in [-0.1, -0.05) is 146 Å². The molecule has 0 spiro atoms. The minimum absolute atomic E-state index is 1.01. The fraction of sp³-hybridized carbons (Fsp3) is 0.0545. The summed E-state index contributed by atoms with van der Waals surface area (Å²) < 4.78 is 4.86. The first-order chi connectivity index (χ1) is 28.2. The molecule has 2 heterocycles. The molecule has 0 N–H and O–H groups in total. The second-order valence-corrected chi connectivity index (χ2v) is 14.8. The molecule has 2 nitrogen and oxygen atoms in total. The smallest absolute Gasteiger partial charge is 0.0541 e. The normalized spacial score (nSPS) is 12.1. The lowest BCUT2D eigenvalue weighted by atomic mass is 9.98. The minimum Gasteiger partial charge on any atom is -0.309 e. The summed E-state index contributed by atoms with van der Waals surface area (Å²) in [4.78, 5) is 0. The zero-order chi connectivity index (χ0) is 38.3. The van der Waals surface area contributed by atoms with Crippen LogP contribution >= 0.6 is 0 Å². The molecular weight excluding hydrogens is 689 g/mol. The maximum Gasteiger partial charge on any atom is 0.0541 e. The zero-order valence-electron chi connectivity index (χ0n) is 32.2. The Balaban J connectivity index is 1.13. The molecule has 0 aliphatic rings. The van der Waals surface area contributed by atoms with E-state index in [-0.39, 0.29) is 0 Å². The number of hydrogen-bond acceptors (Lipinski definition) is 0. The van der Waals surface area contributed by atoms with Crippen molar-refractivity contribution in [2.45, 2.75) is 20.3 Å². The molecular formula is C55H42N2. The molecule has 0 amide bonds. The van der Waals surface area contributed by atoms with E-state index < -0.39 is 0 Å². The van der Waals surface area contributed by atoms with Crippen LogP contribution in [0.4, 0.5) is 0 Å². The van der Waals surface area contributed by atoms with E-state index in [1.807, 2.05) is 0 Å². The van der Waals surface area contributed by atoms with Crippen molar-refractivity contribution in [3.05, 3.63) is 212 Å². The lowest BCUT2D eigenvalue weighted by molar-refractivity contribution is 1.18. The first-order valence-electron chi connectivity index (χ1n) is 20.0. The fourth-order valence-corrected chi connectivity index (χ4v) is 8.62. The van der Waals surface area contributed by atoms with Crippen molar-refractivity contribution < 1.29 is 0 Å². The molecule has 0 aliphatic carbocycles. The van der Waals surface area contributed by atoms with Crippen molar-refractivity contribution in [1.29, 1.82) is 0 Å².